The van der Waals surface area contributed by atoms with Gasteiger partial charge in [-0.05, 0) is 12.1 Å². The second-order valence-electron chi connectivity index (χ2n) is 4.11. The molecule has 2 aromatic rings. The van der Waals surface area contributed by atoms with Crippen LogP contribution in [-0.4, -0.2) is 20.2 Å². The average Bonchev–Trinajstić information content (AvgIpc) is 2.53. The van der Waals surface area contributed by atoms with E-state index >= 15 is 0 Å². The van der Waals surface area contributed by atoms with E-state index < -0.39 is 12.1 Å². The zero-order valence-corrected chi connectivity index (χ0v) is 11.4. The molecule has 0 spiro atoms. The van der Waals surface area contributed by atoms with E-state index in [1.54, 1.807) is 25.3 Å². The van der Waals surface area contributed by atoms with Crippen molar-refractivity contribution in [2.24, 2.45) is 0 Å². The van der Waals surface area contributed by atoms with Gasteiger partial charge in [-0.15, -0.1) is 0 Å². The third-order valence-electron chi connectivity index (χ3n) is 2.81. The van der Waals surface area contributed by atoms with Crippen molar-refractivity contribution in [1.29, 1.82) is 0 Å². The summed E-state index contributed by atoms with van der Waals surface area (Å²) < 4.78 is 15.7. The van der Waals surface area contributed by atoms with E-state index in [4.69, 9.17) is 14.2 Å². The molecular weight excluding hydrogens is 256 g/mol. The number of ether oxygens (including phenoxy) is 3. The van der Waals surface area contributed by atoms with Crippen molar-refractivity contribution >= 4 is 5.97 Å². The predicted molar refractivity (Wildman–Crippen MR) is 74.8 cm³/mol. The molecular formula is C16H16O4. The molecule has 2 aromatic carbocycles. The first-order valence-electron chi connectivity index (χ1n) is 6.18. The molecule has 0 amide bonds. The quantitative estimate of drug-likeness (QED) is 0.785. The maximum absolute atomic E-state index is 11.9. The van der Waals surface area contributed by atoms with Crippen LogP contribution in [0.4, 0.5) is 0 Å². The fourth-order valence-corrected chi connectivity index (χ4v) is 1.80. The van der Waals surface area contributed by atoms with E-state index in [1.807, 2.05) is 36.4 Å². The molecule has 0 aliphatic rings. The summed E-state index contributed by atoms with van der Waals surface area (Å²) in [5, 5.41) is 0. The Labute approximate surface area is 117 Å². The van der Waals surface area contributed by atoms with Gasteiger partial charge in [0, 0.05) is 11.6 Å². The van der Waals surface area contributed by atoms with E-state index in [2.05, 4.69) is 0 Å². The van der Waals surface area contributed by atoms with E-state index in [0.29, 0.717) is 11.5 Å². The molecule has 4 heteroatoms. The van der Waals surface area contributed by atoms with Crippen molar-refractivity contribution in [3.63, 3.8) is 0 Å². The standard InChI is InChI=1S/C16H16O4/c1-18-13-9-6-10-14(11-13)20-15(16(17)19-2)12-7-4-3-5-8-12/h3-11,15H,1-2H3. The van der Waals surface area contributed by atoms with Gasteiger partial charge in [0.1, 0.15) is 11.5 Å². The van der Waals surface area contributed by atoms with Crippen molar-refractivity contribution in [2.75, 3.05) is 14.2 Å². The van der Waals surface area contributed by atoms with Crippen LogP contribution in [0.25, 0.3) is 0 Å². The zero-order chi connectivity index (χ0) is 14.4. The van der Waals surface area contributed by atoms with Crippen LogP contribution in [0, 0.1) is 0 Å². The molecule has 2 rings (SSSR count). The molecule has 0 fully saturated rings. The lowest BCUT2D eigenvalue weighted by molar-refractivity contribution is -0.149. The molecule has 4 nitrogen and oxygen atoms in total. The minimum absolute atomic E-state index is 0.445. The van der Waals surface area contributed by atoms with Crippen molar-refractivity contribution < 1.29 is 19.0 Å². The number of carbonyl (C=O) groups is 1. The Bertz CT molecular complexity index is 566. The van der Waals surface area contributed by atoms with Gasteiger partial charge in [0.15, 0.2) is 0 Å². The number of hydrogen-bond acceptors (Lipinski definition) is 4. The monoisotopic (exact) mass is 272 g/mol. The number of benzene rings is 2. The molecule has 1 atom stereocenters. The van der Waals surface area contributed by atoms with Crippen LogP contribution < -0.4 is 9.47 Å². The van der Waals surface area contributed by atoms with Crippen LogP contribution in [0.15, 0.2) is 54.6 Å². The fourth-order valence-electron chi connectivity index (χ4n) is 1.80. The molecule has 0 aromatic heterocycles. The lowest BCUT2D eigenvalue weighted by atomic mass is 10.1. The van der Waals surface area contributed by atoms with Gasteiger partial charge in [-0.3, -0.25) is 0 Å². The maximum atomic E-state index is 11.9. The largest absolute Gasteiger partial charge is 0.497 e. The summed E-state index contributed by atoms with van der Waals surface area (Å²) in [6.07, 6.45) is -0.798. The molecule has 0 saturated carbocycles. The van der Waals surface area contributed by atoms with Gasteiger partial charge in [0.25, 0.3) is 0 Å². The fraction of sp³-hybridized carbons (Fsp3) is 0.188. The Kier molecular flexibility index (Phi) is 4.60. The molecule has 0 aliphatic heterocycles. The predicted octanol–water partition coefficient (Wildman–Crippen LogP) is 2.99. The Morgan fingerprint density at radius 3 is 2.30 bits per heavy atom. The lowest BCUT2D eigenvalue weighted by Crippen LogP contribution is -2.20. The summed E-state index contributed by atoms with van der Waals surface area (Å²) in [6.45, 7) is 0. The first-order chi connectivity index (χ1) is 9.74. The molecule has 0 aliphatic carbocycles. The Morgan fingerprint density at radius 2 is 1.65 bits per heavy atom. The van der Waals surface area contributed by atoms with E-state index in [-0.39, 0.29) is 0 Å². The first-order valence-corrected chi connectivity index (χ1v) is 6.18. The second-order valence-corrected chi connectivity index (χ2v) is 4.11. The third-order valence-corrected chi connectivity index (χ3v) is 2.81. The summed E-state index contributed by atoms with van der Waals surface area (Å²) in [5.41, 5.74) is 0.738. The molecule has 0 N–H and O–H groups in total. The SMILES string of the molecule is COC(=O)C(Oc1cccc(OC)c1)c1ccccc1. The van der Waals surface area contributed by atoms with Crippen LogP contribution in [0.5, 0.6) is 11.5 Å². The van der Waals surface area contributed by atoms with Crippen LogP contribution in [0.3, 0.4) is 0 Å². The highest BCUT2D eigenvalue weighted by Gasteiger charge is 2.23. The van der Waals surface area contributed by atoms with Crippen LogP contribution >= 0.6 is 0 Å². The molecule has 0 saturated heterocycles. The van der Waals surface area contributed by atoms with Crippen LogP contribution in [0.1, 0.15) is 11.7 Å². The second kappa shape index (κ2) is 6.61. The van der Waals surface area contributed by atoms with Crippen LogP contribution in [0.2, 0.25) is 0 Å². The number of hydrogen-bond donors (Lipinski definition) is 0. The highest BCUT2D eigenvalue weighted by atomic mass is 16.6. The molecule has 20 heavy (non-hydrogen) atoms. The van der Waals surface area contributed by atoms with E-state index in [1.165, 1.54) is 7.11 Å². The average molecular weight is 272 g/mol. The molecule has 0 heterocycles. The van der Waals surface area contributed by atoms with Gasteiger partial charge < -0.3 is 14.2 Å². The van der Waals surface area contributed by atoms with Crippen molar-refractivity contribution in [3.8, 4) is 11.5 Å². The lowest BCUT2D eigenvalue weighted by Gasteiger charge is -2.17. The topological polar surface area (TPSA) is 44.8 Å². The maximum Gasteiger partial charge on any atom is 0.351 e. The minimum atomic E-state index is -0.798. The summed E-state index contributed by atoms with van der Waals surface area (Å²) in [5.74, 6) is 0.766. The highest BCUT2D eigenvalue weighted by molar-refractivity contribution is 5.76. The van der Waals surface area contributed by atoms with Gasteiger partial charge in [-0.25, -0.2) is 4.79 Å². The Balaban J connectivity index is 2.26. The molecule has 0 bridgehead atoms. The van der Waals surface area contributed by atoms with Gasteiger partial charge in [-0.2, -0.15) is 0 Å². The Morgan fingerprint density at radius 1 is 0.950 bits per heavy atom. The molecule has 1 unspecified atom stereocenters. The number of carbonyl (C=O) groups excluding carboxylic acids is 1. The van der Waals surface area contributed by atoms with Gasteiger partial charge in [0.05, 0.1) is 14.2 Å². The van der Waals surface area contributed by atoms with Gasteiger partial charge in [-0.1, -0.05) is 36.4 Å². The summed E-state index contributed by atoms with van der Waals surface area (Å²) in [6, 6.07) is 16.3. The molecule has 104 valence electrons. The van der Waals surface area contributed by atoms with Crippen molar-refractivity contribution in [3.05, 3.63) is 60.2 Å². The van der Waals surface area contributed by atoms with Crippen molar-refractivity contribution in [2.45, 2.75) is 6.10 Å². The Hall–Kier alpha value is -2.49. The number of esters is 1. The van der Waals surface area contributed by atoms with Crippen molar-refractivity contribution in [1.82, 2.24) is 0 Å². The minimum Gasteiger partial charge on any atom is -0.497 e. The smallest absolute Gasteiger partial charge is 0.351 e. The zero-order valence-electron chi connectivity index (χ0n) is 11.4. The highest BCUT2D eigenvalue weighted by Crippen LogP contribution is 2.26. The van der Waals surface area contributed by atoms with E-state index in [9.17, 15) is 4.79 Å². The van der Waals surface area contributed by atoms with Gasteiger partial charge >= 0.3 is 5.97 Å². The summed E-state index contributed by atoms with van der Waals surface area (Å²) in [4.78, 5) is 11.9. The third kappa shape index (κ3) is 3.29. The number of methoxy groups -OCH3 is 2. The molecule has 0 radical (unpaired) electrons. The van der Waals surface area contributed by atoms with Gasteiger partial charge in [0.2, 0.25) is 6.10 Å². The normalized spacial score (nSPS) is 11.5. The first kappa shape index (κ1) is 13.9. The van der Waals surface area contributed by atoms with E-state index in [0.717, 1.165) is 5.56 Å². The van der Waals surface area contributed by atoms with Crippen LogP contribution in [-0.2, 0) is 9.53 Å². The summed E-state index contributed by atoms with van der Waals surface area (Å²) in [7, 11) is 2.92. The number of rotatable bonds is 5. The summed E-state index contributed by atoms with van der Waals surface area (Å²) >= 11 is 0.